The molecule has 0 atom stereocenters. The van der Waals surface area contributed by atoms with Gasteiger partial charge in [-0.15, -0.1) is 21.5 Å². The molecule has 7 nitrogen and oxygen atoms in total. The van der Waals surface area contributed by atoms with Gasteiger partial charge >= 0.3 is 0 Å². The third-order valence-corrected chi connectivity index (χ3v) is 7.60. The molecule has 10 heteroatoms. The quantitative estimate of drug-likeness (QED) is 0.259. The van der Waals surface area contributed by atoms with Crippen molar-refractivity contribution < 1.29 is 4.74 Å². The number of aromatic nitrogens is 4. The summed E-state index contributed by atoms with van der Waals surface area (Å²) in [5, 5.41) is 15.0. The zero-order valence-electron chi connectivity index (χ0n) is 17.6. The van der Waals surface area contributed by atoms with Crippen LogP contribution in [0.25, 0.3) is 21.3 Å². The number of nitrogens with zero attached hydrogens (tertiary/aromatic N) is 3. The van der Waals surface area contributed by atoms with Crippen LogP contribution in [0.2, 0.25) is 0 Å². The lowest BCUT2D eigenvalue weighted by atomic mass is 10.1. The van der Waals surface area contributed by atoms with Crippen molar-refractivity contribution in [2.75, 3.05) is 11.9 Å². The summed E-state index contributed by atoms with van der Waals surface area (Å²) in [5.74, 6) is 1.88. The molecule has 0 aliphatic rings. The van der Waals surface area contributed by atoms with Crippen LogP contribution in [-0.2, 0) is 5.75 Å². The number of anilines is 2. The van der Waals surface area contributed by atoms with Crippen molar-refractivity contribution in [1.82, 2.24) is 20.2 Å². The summed E-state index contributed by atoms with van der Waals surface area (Å²) < 4.78 is 6.43. The van der Waals surface area contributed by atoms with E-state index in [1.54, 1.807) is 0 Å². The second kappa shape index (κ2) is 9.74. The Hall–Kier alpha value is -3.21. The van der Waals surface area contributed by atoms with Gasteiger partial charge in [-0.3, -0.25) is 4.79 Å². The van der Waals surface area contributed by atoms with Crippen molar-refractivity contribution in [1.29, 1.82) is 0 Å². The number of thiophene rings is 1. The van der Waals surface area contributed by atoms with Crippen molar-refractivity contribution in [3.05, 3.63) is 76.2 Å². The Balaban J connectivity index is 1.30. The first-order chi connectivity index (χ1) is 16.2. The average Bonchev–Trinajstić information content (AvgIpc) is 3.47. The van der Waals surface area contributed by atoms with Crippen LogP contribution in [0.3, 0.4) is 0 Å². The predicted molar refractivity (Wildman–Crippen MR) is 136 cm³/mol. The maximum absolute atomic E-state index is 12.8. The van der Waals surface area contributed by atoms with Gasteiger partial charge in [0.25, 0.3) is 5.56 Å². The molecule has 5 aromatic rings. The summed E-state index contributed by atoms with van der Waals surface area (Å²) in [4.78, 5) is 21.1. The molecule has 0 bridgehead atoms. The van der Waals surface area contributed by atoms with Crippen LogP contribution in [-0.4, -0.2) is 26.8 Å². The topological polar surface area (TPSA) is 92.8 Å². The van der Waals surface area contributed by atoms with Crippen molar-refractivity contribution >= 4 is 55.5 Å². The molecule has 0 aliphatic carbocycles. The van der Waals surface area contributed by atoms with Gasteiger partial charge in [-0.1, -0.05) is 65.6 Å². The van der Waals surface area contributed by atoms with Gasteiger partial charge in [0.1, 0.15) is 16.4 Å². The standard InChI is InChI=1S/C23H19N5O2S3/c1-2-30-17-11-7-6-10-16(17)24-22-27-28-23(33-22)32-13-18-25-20(29)19-15(12-31-21(19)26-18)14-8-4-3-5-9-14/h3-12H,2,13H2,1H3,(H,24,27)(H,25,26,29). The van der Waals surface area contributed by atoms with Gasteiger partial charge < -0.3 is 15.0 Å². The monoisotopic (exact) mass is 493 g/mol. The third kappa shape index (κ3) is 4.77. The predicted octanol–water partition coefficient (Wildman–Crippen LogP) is 5.94. The molecule has 5 rings (SSSR count). The zero-order valence-corrected chi connectivity index (χ0v) is 20.0. The highest BCUT2D eigenvalue weighted by molar-refractivity contribution is 8.00. The normalized spacial score (nSPS) is 11.1. The number of aromatic amines is 1. The number of hydrogen-bond acceptors (Lipinski definition) is 9. The molecular weight excluding hydrogens is 474 g/mol. The molecule has 2 N–H and O–H groups in total. The van der Waals surface area contributed by atoms with E-state index in [-0.39, 0.29) is 5.56 Å². The van der Waals surface area contributed by atoms with Crippen LogP contribution in [0.1, 0.15) is 12.7 Å². The smallest absolute Gasteiger partial charge is 0.260 e. The van der Waals surface area contributed by atoms with Crippen LogP contribution in [0, 0.1) is 0 Å². The van der Waals surface area contributed by atoms with E-state index in [0.717, 1.165) is 31.7 Å². The van der Waals surface area contributed by atoms with Gasteiger partial charge in [0.05, 0.1) is 23.4 Å². The molecular formula is C23H19N5O2S3. The maximum Gasteiger partial charge on any atom is 0.260 e. The molecule has 0 unspecified atom stereocenters. The first-order valence-corrected chi connectivity index (χ1v) is 12.9. The molecule has 0 radical (unpaired) electrons. The summed E-state index contributed by atoms with van der Waals surface area (Å²) in [5.41, 5.74) is 2.65. The zero-order chi connectivity index (χ0) is 22.6. The van der Waals surface area contributed by atoms with Gasteiger partial charge in [-0.2, -0.15) is 0 Å². The number of thioether (sulfide) groups is 1. The lowest BCUT2D eigenvalue weighted by molar-refractivity contribution is 0.342. The fourth-order valence-corrected chi connectivity index (χ4v) is 5.91. The van der Waals surface area contributed by atoms with E-state index in [0.29, 0.717) is 28.7 Å². The number of hydrogen-bond donors (Lipinski definition) is 2. The van der Waals surface area contributed by atoms with Gasteiger partial charge in [0.2, 0.25) is 5.13 Å². The van der Waals surface area contributed by atoms with Crippen LogP contribution in [0.4, 0.5) is 10.8 Å². The van der Waals surface area contributed by atoms with E-state index in [9.17, 15) is 4.79 Å². The van der Waals surface area contributed by atoms with Crippen LogP contribution in [0.15, 0.2) is 69.1 Å². The van der Waals surface area contributed by atoms with Gasteiger partial charge in [-0.05, 0) is 24.6 Å². The van der Waals surface area contributed by atoms with Crippen LogP contribution < -0.4 is 15.6 Å². The Kier molecular flexibility index (Phi) is 6.38. The van der Waals surface area contributed by atoms with Crippen molar-refractivity contribution in [3.63, 3.8) is 0 Å². The second-order valence-corrected chi connectivity index (χ2v) is 9.98. The Morgan fingerprint density at radius 1 is 1.09 bits per heavy atom. The number of H-pyrrole nitrogens is 1. The fourth-order valence-electron chi connectivity index (χ4n) is 3.31. The van der Waals surface area contributed by atoms with Crippen molar-refractivity contribution in [3.8, 4) is 16.9 Å². The minimum atomic E-state index is -0.122. The Bertz CT molecular complexity index is 1450. The molecule has 0 spiro atoms. The molecule has 0 amide bonds. The molecule has 2 aromatic carbocycles. The number of ether oxygens (including phenoxy) is 1. The highest BCUT2D eigenvalue weighted by Gasteiger charge is 2.14. The fraction of sp³-hybridized carbons (Fsp3) is 0.130. The van der Waals surface area contributed by atoms with Gasteiger partial charge in [0.15, 0.2) is 4.34 Å². The molecule has 33 heavy (non-hydrogen) atoms. The van der Waals surface area contributed by atoms with E-state index in [4.69, 9.17) is 4.74 Å². The minimum Gasteiger partial charge on any atom is -0.492 e. The minimum absolute atomic E-state index is 0.122. The van der Waals surface area contributed by atoms with Crippen molar-refractivity contribution in [2.24, 2.45) is 0 Å². The molecule has 0 aliphatic heterocycles. The molecule has 0 fully saturated rings. The van der Waals surface area contributed by atoms with Crippen molar-refractivity contribution in [2.45, 2.75) is 17.0 Å². The van der Waals surface area contributed by atoms with Gasteiger partial charge in [0, 0.05) is 10.9 Å². The second-order valence-electron chi connectivity index (χ2n) is 6.92. The van der Waals surface area contributed by atoms with Crippen LogP contribution in [0.5, 0.6) is 5.75 Å². The molecule has 3 aromatic heterocycles. The third-order valence-electron chi connectivity index (χ3n) is 4.75. The lowest BCUT2D eigenvalue weighted by Crippen LogP contribution is -2.10. The van der Waals surface area contributed by atoms with Gasteiger partial charge in [-0.25, -0.2) is 4.98 Å². The number of nitrogens with one attached hydrogen (secondary N) is 2. The summed E-state index contributed by atoms with van der Waals surface area (Å²) >= 11 is 4.41. The lowest BCUT2D eigenvalue weighted by Gasteiger charge is -2.09. The summed E-state index contributed by atoms with van der Waals surface area (Å²) in [6, 6.07) is 17.6. The number of fused-ring (bicyclic) bond motifs is 1. The number of para-hydroxylation sites is 2. The van der Waals surface area contributed by atoms with Crippen LogP contribution >= 0.6 is 34.4 Å². The van der Waals surface area contributed by atoms with E-state index in [1.807, 2.05) is 66.9 Å². The molecule has 166 valence electrons. The Morgan fingerprint density at radius 3 is 2.76 bits per heavy atom. The Labute approximate surface area is 201 Å². The Morgan fingerprint density at radius 2 is 1.91 bits per heavy atom. The molecule has 3 heterocycles. The van der Waals surface area contributed by atoms with E-state index >= 15 is 0 Å². The summed E-state index contributed by atoms with van der Waals surface area (Å²) in [7, 11) is 0. The SMILES string of the molecule is CCOc1ccccc1Nc1nnc(SCc2nc3scc(-c4ccccc4)c3c(=O)[nH]2)s1. The number of rotatable bonds is 8. The summed E-state index contributed by atoms with van der Waals surface area (Å²) in [6.45, 7) is 2.54. The first kappa shape index (κ1) is 21.6. The first-order valence-electron chi connectivity index (χ1n) is 10.2. The largest absolute Gasteiger partial charge is 0.492 e. The highest BCUT2D eigenvalue weighted by atomic mass is 32.2. The van der Waals surface area contributed by atoms with E-state index in [2.05, 4.69) is 25.5 Å². The van der Waals surface area contributed by atoms with E-state index in [1.165, 1.54) is 34.4 Å². The average molecular weight is 494 g/mol. The summed E-state index contributed by atoms with van der Waals surface area (Å²) in [6.07, 6.45) is 0. The maximum atomic E-state index is 12.8. The molecule has 0 saturated heterocycles. The number of benzene rings is 2. The molecule has 0 saturated carbocycles. The highest BCUT2D eigenvalue weighted by Crippen LogP contribution is 2.34. The van der Waals surface area contributed by atoms with E-state index < -0.39 is 0 Å².